The van der Waals surface area contributed by atoms with E-state index in [-0.39, 0.29) is 6.10 Å². The zero-order valence-electron chi connectivity index (χ0n) is 11.3. The number of hydrogen-bond donors (Lipinski definition) is 0. The largest absolute Gasteiger partial charge is 0.484 e. The first-order chi connectivity index (χ1) is 9.72. The van der Waals surface area contributed by atoms with Crippen LogP contribution in [0.25, 0.3) is 0 Å². The van der Waals surface area contributed by atoms with E-state index in [0.717, 1.165) is 38.5 Å². The average molecular weight is 430 g/mol. The minimum atomic E-state index is -0.0732. The molecule has 1 aliphatic heterocycles. The van der Waals surface area contributed by atoms with Crippen LogP contribution in [0.5, 0.6) is 11.5 Å². The molecule has 1 aromatic rings. The van der Waals surface area contributed by atoms with Crippen LogP contribution in [0.4, 0.5) is 0 Å². The van der Waals surface area contributed by atoms with Gasteiger partial charge in [-0.25, -0.2) is 0 Å². The summed E-state index contributed by atoms with van der Waals surface area (Å²) in [5.41, 5.74) is 0. The second-order valence-electron chi connectivity index (χ2n) is 4.40. The van der Waals surface area contributed by atoms with Gasteiger partial charge in [-0.15, -0.1) is 11.3 Å². The number of unbranched alkanes of at least 4 members (excludes halogenated alkanes) is 1. The number of halogens is 2. The van der Waals surface area contributed by atoms with Gasteiger partial charge in [0.05, 0.1) is 19.8 Å². The molecule has 0 fully saturated rings. The zero-order chi connectivity index (χ0) is 14.4. The Hall–Kier alpha value is 0.180. The van der Waals surface area contributed by atoms with Gasteiger partial charge in [0.2, 0.25) is 0 Å². The summed E-state index contributed by atoms with van der Waals surface area (Å²) in [6, 6.07) is 0. The Balaban J connectivity index is 1.65. The highest BCUT2D eigenvalue weighted by atomic mass is 79.9. The van der Waals surface area contributed by atoms with Gasteiger partial charge in [0.1, 0.15) is 14.2 Å². The normalized spacial score (nSPS) is 17.4. The van der Waals surface area contributed by atoms with Crippen LogP contribution >= 0.6 is 43.2 Å². The Labute approximate surface area is 140 Å². The fourth-order valence-electron chi connectivity index (χ4n) is 1.71. The van der Waals surface area contributed by atoms with E-state index in [1.807, 2.05) is 0 Å². The van der Waals surface area contributed by atoms with E-state index in [0.29, 0.717) is 26.4 Å². The number of rotatable bonds is 8. The maximum atomic E-state index is 5.87. The van der Waals surface area contributed by atoms with Crippen LogP contribution in [-0.4, -0.2) is 39.1 Å². The van der Waals surface area contributed by atoms with Gasteiger partial charge < -0.3 is 18.9 Å². The molecular formula is C13H18Br2O4S. The molecule has 0 bridgehead atoms. The summed E-state index contributed by atoms with van der Waals surface area (Å²) in [5, 5.41) is 0. The fourth-order valence-corrected chi connectivity index (χ4v) is 4.54. The van der Waals surface area contributed by atoms with Gasteiger partial charge >= 0.3 is 0 Å². The van der Waals surface area contributed by atoms with Crippen molar-refractivity contribution >= 4 is 43.2 Å². The Morgan fingerprint density at radius 2 is 1.90 bits per heavy atom. The highest BCUT2D eigenvalue weighted by molar-refractivity contribution is 9.12. The molecule has 0 saturated heterocycles. The molecule has 4 nitrogen and oxygen atoms in total. The van der Waals surface area contributed by atoms with Crippen LogP contribution in [0.15, 0.2) is 7.57 Å². The first kappa shape index (κ1) is 16.5. The lowest BCUT2D eigenvalue weighted by Gasteiger charge is -2.24. The highest BCUT2D eigenvalue weighted by Crippen LogP contribution is 2.50. The van der Waals surface area contributed by atoms with Crippen molar-refractivity contribution in [3.8, 4) is 11.5 Å². The SMILES string of the molecule is CCCCOCCOCC1COc2c(Br)sc(Br)c2O1. The van der Waals surface area contributed by atoms with Crippen molar-refractivity contribution in [2.75, 3.05) is 33.0 Å². The lowest BCUT2D eigenvalue weighted by Crippen LogP contribution is -2.33. The summed E-state index contributed by atoms with van der Waals surface area (Å²) in [6.45, 7) is 5.19. The molecule has 0 saturated carbocycles. The molecule has 7 heteroatoms. The first-order valence-corrected chi connectivity index (χ1v) is 9.05. The molecule has 2 heterocycles. The smallest absolute Gasteiger partial charge is 0.188 e. The van der Waals surface area contributed by atoms with Crippen molar-refractivity contribution in [2.24, 2.45) is 0 Å². The minimum absolute atomic E-state index is 0.0732. The van der Waals surface area contributed by atoms with Crippen LogP contribution in [0, 0.1) is 0 Å². The summed E-state index contributed by atoms with van der Waals surface area (Å²) >= 11 is 8.47. The van der Waals surface area contributed by atoms with E-state index in [1.165, 1.54) is 0 Å². The van der Waals surface area contributed by atoms with Crippen molar-refractivity contribution in [1.82, 2.24) is 0 Å². The van der Waals surface area contributed by atoms with Gasteiger partial charge in [0.15, 0.2) is 17.6 Å². The molecule has 0 aliphatic carbocycles. The lowest BCUT2D eigenvalue weighted by atomic mass is 10.3. The predicted octanol–water partition coefficient (Wildman–Crippen LogP) is 4.25. The third-order valence-electron chi connectivity index (χ3n) is 2.76. The van der Waals surface area contributed by atoms with E-state index < -0.39 is 0 Å². The summed E-state index contributed by atoms with van der Waals surface area (Å²) < 4.78 is 24.4. The van der Waals surface area contributed by atoms with Crippen molar-refractivity contribution in [3.05, 3.63) is 7.57 Å². The summed E-state index contributed by atoms with van der Waals surface area (Å²) in [4.78, 5) is 0. The number of thiophene rings is 1. The maximum Gasteiger partial charge on any atom is 0.188 e. The lowest BCUT2D eigenvalue weighted by molar-refractivity contribution is -0.0125. The Kier molecular flexibility index (Phi) is 7.10. The number of hydrogen-bond acceptors (Lipinski definition) is 5. The van der Waals surface area contributed by atoms with Crippen molar-refractivity contribution in [2.45, 2.75) is 25.9 Å². The monoisotopic (exact) mass is 428 g/mol. The summed E-state index contributed by atoms with van der Waals surface area (Å²) in [5.74, 6) is 1.54. The first-order valence-electron chi connectivity index (χ1n) is 6.65. The van der Waals surface area contributed by atoms with Gasteiger partial charge in [0.25, 0.3) is 0 Å². The second-order valence-corrected chi connectivity index (χ2v) is 8.06. The topological polar surface area (TPSA) is 36.9 Å². The second kappa shape index (κ2) is 8.58. The van der Waals surface area contributed by atoms with E-state index in [4.69, 9.17) is 18.9 Å². The average Bonchev–Trinajstić information content (AvgIpc) is 2.73. The molecule has 1 unspecified atom stereocenters. The molecule has 20 heavy (non-hydrogen) atoms. The molecule has 2 rings (SSSR count). The van der Waals surface area contributed by atoms with E-state index in [2.05, 4.69) is 38.8 Å². The molecule has 0 radical (unpaired) electrons. The van der Waals surface area contributed by atoms with Gasteiger partial charge in [0, 0.05) is 6.61 Å². The van der Waals surface area contributed by atoms with Gasteiger partial charge in [-0.05, 0) is 38.3 Å². The quantitative estimate of drug-likeness (QED) is 0.579. The third-order valence-corrected chi connectivity index (χ3v) is 5.18. The molecule has 0 aromatic carbocycles. The number of ether oxygens (including phenoxy) is 4. The third kappa shape index (κ3) is 4.59. The van der Waals surface area contributed by atoms with Gasteiger partial charge in [-0.1, -0.05) is 13.3 Å². The molecule has 1 atom stereocenters. The Morgan fingerprint density at radius 1 is 1.15 bits per heavy atom. The summed E-state index contributed by atoms with van der Waals surface area (Å²) in [6.07, 6.45) is 2.18. The molecule has 0 amide bonds. The zero-order valence-corrected chi connectivity index (χ0v) is 15.3. The Bertz CT molecular complexity index is 425. The highest BCUT2D eigenvalue weighted by Gasteiger charge is 2.27. The molecule has 0 N–H and O–H groups in total. The van der Waals surface area contributed by atoms with Crippen LogP contribution in [0.1, 0.15) is 19.8 Å². The fraction of sp³-hybridized carbons (Fsp3) is 0.692. The molecule has 1 aliphatic rings. The maximum absolute atomic E-state index is 5.87. The molecule has 0 spiro atoms. The number of fused-ring (bicyclic) bond motifs is 1. The van der Waals surface area contributed by atoms with Crippen LogP contribution in [0.2, 0.25) is 0 Å². The van der Waals surface area contributed by atoms with Crippen LogP contribution in [-0.2, 0) is 9.47 Å². The van der Waals surface area contributed by atoms with Gasteiger partial charge in [-0.2, -0.15) is 0 Å². The summed E-state index contributed by atoms with van der Waals surface area (Å²) in [7, 11) is 0. The van der Waals surface area contributed by atoms with Gasteiger partial charge in [-0.3, -0.25) is 0 Å². The van der Waals surface area contributed by atoms with E-state index in [9.17, 15) is 0 Å². The van der Waals surface area contributed by atoms with Crippen molar-refractivity contribution < 1.29 is 18.9 Å². The van der Waals surface area contributed by atoms with Crippen LogP contribution in [0.3, 0.4) is 0 Å². The predicted molar refractivity (Wildman–Crippen MR) is 86.2 cm³/mol. The van der Waals surface area contributed by atoms with E-state index >= 15 is 0 Å². The van der Waals surface area contributed by atoms with Crippen LogP contribution < -0.4 is 9.47 Å². The molecule has 1 aromatic heterocycles. The molecule has 114 valence electrons. The van der Waals surface area contributed by atoms with Crippen molar-refractivity contribution in [3.63, 3.8) is 0 Å². The Morgan fingerprint density at radius 3 is 2.70 bits per heavy atom. The minimum Gasteiger partial charge on any atom is -0.484 e. The van der Waals surface area contributed by atoms with E-state index in [1.54, 1.807) is 11.3 Å². The van der Waals surface area contributed by atoms with Crippen molar-refractivity contribution in [1.29, 1.82) is 0 Å². The standard InChI is InChI=1S/C13H18Br2O4S/c1-2-3-4-16-5-6-17-7-9-8-18-10-11(19-9)13(15)20-12(10)14/h9H,2-8H2,1H3. The molecular weight excluding hydrogens is 412 g/mol.